The largest absolute Gasteiger partial charge is 0.494 e. The maximum Gasteiger partial charge on any atom is 0.253 e. The van der Waals surface area contributed by atoms with Crippen LogP contribution in [-0.2, 0) is 17.8 Å². The second-order valence-corrected chi connectivity index (χ2v) is 7.15. The molecule has 152 valence electrons. The van der Waals surface area contributed by atoms with Crippen LogP contribution in [0.1, 0.15) is 37.0 Å². The second kappa shape index (κ2) is 9.41. The summed E-state index contributed by atoms with van der Waals surface area (Å²) in [5.74, 6) is 0.806. The molecule has 1 aromatic heterocycles. The minimum absolute atomic E-state index is 0.0427. The summed E-state index contributed by atoms with van der Waals surface area (Å²) in [6.07, 6.45) is 1.17. The summed E-state index contributed by atoms with van der Waals surface area (Å²) in [4.78, 5) is 29.8. The van der Waals surface area contributed by atoms with Crippen LogP contribution in [0.4, 0.5) is 0 Å². The van der Waals surface area contributed by atoms with Gasteiger partial charge in [-0.05, 0) is 55.7 Å². The standard InChI is InChI=1S/C24H28N2O3/c1-4-23(27)26(13-12-18-9-7-6-8-17(18)3)16-20-14-19-15-21(29-5-2)10-11-22(19)25-24(20)28/h6-11,14-15H,4-5,12-13,16H2,1-3H3,(H,25,28). The van der Waals surface area contributed by atoms with Crippen molar-refractivity contribution in [2.24, 2.45) is 0 Å². The van der Waals surface area contributed by atoms with Crippen molar-refractivity contribution in [1.29, 1.82) is 0 Å². The molecule has 0 aliphatic rings. The highest BCUT2D eigenvalue weighted by Gasteiger charge is 2.15. The molecule has 0 aliphatic heterocycles. The van der Waals surface area contributed by atoms with Crippen LogP contribution in [0.3, 0.4) is 0 Å². The third-order valence-corrected chi connectivity index (χ3v) is 5.13. The summed E-state index contributed by atoms with van der Waals surface area (Å²) in [6.45, 7) is 7.31. The Morgan fingerprint density at radius 3 is 2.59 bits per heavy atom. The Balaban J connectivity index is 1.85. The highest BCUT2D eigenvalue weighted by atomic mass is 16.5. The lowest BCUT2D eigenvalue weighted by Gasteiger charge is -2.22. The molecule has 5 heteroatoms. The number of hydrogen-bond acceptors (Lipinski definition) is 3. The number of aromatic nitrogens is 1. The fourth-order valence-electron chi connectivity index (χ4n) is 3.47. The van der Waals surface area contributed by atoms with Crippen LogP contribution in [-0.4, -0.2) is 28.9 Å². The molecule has 0 atom stereocenters. The predicted octanol–water partition coefficient (Wildman–Crippen LogP) is 4.22. The zero-order chi connectivity index (χ0) is 20.8. The van der Waals surface area contributed by atoms with Gasteiger partial charge in [-0.2, -0.15) is 0 Å². The molecule has 0 bridgehead atoms. The van der Waals surface area contributed by atoms with E-state index in [1.54, 1.807) is 4.90 Å². The lowest BCUT2D eigenvalue weighted by Crippen LogP contribution is -2.34. The van der Waals surface area contributed by atoms with E-state index < -0.39 is 0 Å². The van der Waals surface area contributed by atoms with E-state index in [-0.39, 0.29) is 11.5 Å². The third kappa shape index (κ3) is 5.05. The van der Waals surface area contributed by atoms with Gasteiger partial charge in [0.05, 0.1) is 13.2 Å². The van der Waals surface area contributed by atoms with Crippen LogP contribution in [0.15, 0.2) is 53.3 Å². The van der Waals surface area contributed by atoms with Crippen molar-refractivity contribution in [3.05, 3.63) is 75.6 Å². The lowest BCUT2D eigenvalue weighted by molar-refractivity contribution is -0.131. The number of H-pyrrole nitrogens is 1. The van der Waals surface area contributed by atoms with Gasteiger partial charge in [0.25, 0.3) is 5.56 Å². The molecule has 3 rings (SSSR count). The monoisotopic (exact) mass is 392 g/mol. The van der Waals surface area contributed by atoms with Gasteiger partial charge in [-0.3, -0.25) is 9.59 Å². The third-order valence-electron chi connectivity index (χ3n) is 5.13. The number of fused-ring (bicyclic) bond motifs is 1. The summed E-state index contributed by atoms with van der Waals surface area (Å²) < 4.78 is 5.56. The Kier molecular flexibility index (Phi) is 6.70. The number of pyridine rings is 1. The average molecular weight is 392 g/mol. The molecular weight excluding hydrogens is 364 g/mol. The van der Waals surface area contributed by atoms with E-state index >= 15 is 0 Å². The van der Waals surface area contributed by atoms with Gasteiger partial charge < -0.3 is 14.6 Å². The Morgan fingerprint density at radius 2 is 1.86 bits per heavy atom. The number of rotatable bonds is 8. The molecule has 0 spiro atoms. The number of benzene rings is 2. The summed E-state index contributed by atoms with van der Waals surface area (Å²) in [5, 5.41) is 0.897. The molecule has 0 fully saturated rings. The van der Waals surface area contributed by atoms with E-state index in [0.717, 1.165) is 23.1 Å². The van der Waals surface area contributed by atoms with Crippen LogP contribution in [0.2, 0.25) is 0 Å². The molecule has 5 nitrogen and oxygen atoms in total. The normalized spacial score (nSPS) is 10.9. The van der Waals surface area contributed by atoms with E-state index in [9.17, 15) is 9.59 Å². The van der Waals surface area contributed by atoms with E-state index in [1.807, 2.05) is 50.2 Å². The molecule has 0 unspecified atom stereocenters. The molecule has 1 N–H and O–H groups in total. The SMILES string of the molecule is CCOc1ccc2[nH]c(=O)c(CN(CCc3ccccc3C)C(=O)CC)cc2c1. The first-order valence-electron chi connectivity index (χ1n) is 10.1. The molecule has 0 aliphatic carbocycles. The van der Waals surface area contributed by atoms with Crippen molar-refractivity contribution in [2.75, 3.05) is 13.2 Å². The van der Waals surface area contributed by atoms with Crippen LogP contribution in [0.25, 0.3) is 10.9 Å². The number of amides is 1. The van der Waals surface area contributed by atoms with Crippen molar-refractivity contribution in [1.82, 2.24) is 9.88 Å². The number of nitrogens with one attached hydrogen (secondary N) is 1. The summed E-state index contributed by atoms with van der Waals surface area (Å²) >= 11 is 0. The number of ether oxygens (including phenoxy) is 1. The molecular formula is C24H28N2O3. The van der Waals surface area contributed by atoms with E-state index in [4.69, 9.17) is 4.74 Å². The van der Waals surface area contributed by atoms with Crippen LogP contribution < -0.4 is 10.3 Å². The van der Waals surface area contributed by atoms with Crippen LogP contribution >= 0.6 is 0 Å². The van der Waals surface area contributed by atoms with E-state index in [2.05, 4.69) is 24.0 Å². The number of carbonyl (C=O) groups is 1. The fraction of sp³-hybridized carbons (Fsp3) is 0.333. The van der Waals surface area contributed by atoms with Gasteiger partial charge in [0.1, 0.15) is 5.75 Å². The van der Waals surface area contributed by atoms with Gasteiger partial charge in [0.2, 0.25) is 5.91 Å². The first-order chi connectivity index (χ1) is 14.0. The van der Waals surface area contributed by atoms with E-state index in [0.29, 0.717) is 31.7 Å². The Hall–Kier alpha value is -3.08. The Bertz CT molecular complexity index is 1060. The van der Waals surface area contributed by atoms with Gasteiger partial charge in [-0.1, -0.05) is 31.2 Å². The molecule has 0 radical (unpaired) electrons. The molecule has 0 saturated heterocycles. The summed E-state index contributed by atoms with van der Waals surface area (Å²) in [7, 11) is 0. The van der Waals surface area contributed by atoms with Gasteiger partial charge in [-0.25, -0.2) is 0 Å². The zero-order valence-corrected chi connectivity index (χ0v) is 17.3. The van der Waals surface area contributed by atoms with Gasteiger partial charge >= 0.3 is 0 Å². The lowest BCUT2D eigenvalue weighted by atomic mass is 10.1. The molecule has 1 amide bonds. The van der Waals surface area contributed by atoms with E-state index in [1.165, 1.54) is 11.1 Å². The smallest absolute Gasteiger partial charge is 0.253 e. The second-order valence-electron chi connectivity index (χ2n) is 7.15. The first-order valence-corrected chi connectivity index (χ1v) is 10.1. The molecule has 0 saturated carbocycles. The van der Waals surface area contributed by atoms with Crippen LogP contribution in [0.5, 0.6) is 5.75 Å². The first kappa shape index (κ1) is 20.6. The van der Waals surface area contributed by atoms with Gasteiger partial charge in [0, 0.05) is 29.4 Å². The molecule has 1 heterocycles. The van der Waals surface area contributed by atoms with Gasteiger partial charge in [-0.15, -0.1) is 0 Å². The number of nitrogens with zero attached hydrogens (tertiary/aromatic N) is 1. The minimum atomic E-state index is -0.161. The number of aromatic amines is 1. The highest BCUT2D eigenvalue weighted by molar-refractivity contribution is 5.81. The highest BCUT2D eigenvalue weighted by Crippen LogP contribution is 2.20. The number of hydrogen-bond donors (Lipinski definition) is 1. The predicted molar refractivity (Wildman–Crippen MR) is 116 cm³/mol. The zero-order valence-electron chi connectivity index (χ0n) is 17.3. The maximum atomic E-state index is 12.6. The molecule has 29 heavy (non-hydrogen) atoms. The van der Waals surface area contributed by atoms with Crippen LogP contribution in [0, 0.1) is 6.92 Å². The van der Waals surface area contributed by atoms with Crippen molar-refractivity contribution in [3.8, 4) is 5.75 Å². The maximum absolute atomic E-state index is 12.6. The Morgan fingerprint density at radius 1 is 1.07 bits per heavy atom. The molecule has 2 aromatic carbocycles. The Labute approximate surface area is 171 Å². The number of aryl methyl sites for hydroxylation is 1. The number of carbonyl (C=O) groups excluding carboxylic acids is 1. The van der Waals surface area contributed by atoms with Crippen molar-refractivity contribution >= 4 is 16.8 Å². The summed E-state index contributed by atoms with van der Waals surface area (Å²) in [6, 6.07) is 15.7. The van der Waals surface area contributed by atoms with Crippen molar-refractivity contribution < 1.29 is 9.53 Å². The quantitative estimate of drug-likeness (QED) is 0.624. The molecule has 3 aromatic rings. The van der Waals surface area contributed by atoms with Crippen molar-refractivity contribution in [2.45, 2.75) is 40.2 Å². The topological polar surface area (TPSA) is 62.4 Å². The fourth-order valence-corrected chi connectivity index (χ4v) is 3.47. The van der Waals surface area contributed by atoms with Gasteiger partial charge in [0.15, 0.2) is 0 Å². The summed E-state index contributed by atoms with van der Waals surface area (Å²) in [5.41, 5.74) is 3.61. The minimum Gasteiger partial charge on any atom is -0.494 e. The average Bonchev–Trinajstić information content (AvgIpc) is 2.72. The van der Waals surface area contributed by atoms with Crippen molar-refractivity contribution in [3.63, 3.8) is 0 Å².